The molecule has 0 saturated carbocycles. The monoisotopic (exact) mass is 243 g/mol. The minimum absolute atomic E-state index is 0.0768. The third kappa shape index (κ3) is 3.11. The highest BCUT2D eigenvalue weighted by molar-refractivity contribution is 7.98. The van der Waals surface area contributed by atoms with Crippen molar-refractivity contribution in [1.82, 2.24) is 0 Å². The molecule has 0 heterocycles. The van der Waals surface area contributed by atoms with Crippen LogP contribution in [0.2, 0.25) is 0 Å². The molecule has 86 valence electrons. The van der Waals surface area contributed by atoms with Gasteiger partial charge in [0.15, 0.2) is 0 Å². The van der Waals surface area contributed by atoms with Crippen LogP contribution in [-0.2, 0) is 0 Å². The molecule has 17 heavy (non-hydrogen) atoms. The van der Waals surface area contributed by atoms with E-state index in [0.29, 0.717) is 5.56 Å². The van der Waals surface area contributed by atoms with Gasteiger partial charge in [0.1, 0.15) is 0 Å². The second-order valence-corrected chi connectivity index (χ2v) is 4.43. The number of thioether (sulfide) groups is 1. The van der Waals surface area contributed by atoms with E-state index in [1.165, 1.54) is 0 Å². The van der Waals surface area contributed by atoms with Crippen molar-refractivity contribution < 1.29 is 4.79 Å². The normalized spacial score (nSPS) is 9.94. The van der Waals surface area contributed by atoms with Crippen molar-refractivity contribution in [3.63, 3.8) is 0 Å². The SMILES string of the molecule is CSc1cccc(C(=O)Nc2ccccc2)c1. The lowest BCUT2D eigenvalue weighted by atomic mass is 10.2. The summed E-state index contributed by atoms with van der Waals surface area (Å²) in [5, 5.41) is 2.86. The van der Waals surface area contributed by atoms with Crippen LogP contribution in [0.3, 0.4) is 0 Å². The van der Waals surface area contributed by atoms with E-state index in [9.17, 15) is 4.79 Å². The zero-order chi connectivity index (χ0) is 12.1. The van der Waals surface area contributed by atoms with Crippen LogP contribution in [-0.4, -0.2) is 12.2 Å². The first kappa shape index (κ1) is 11.7. The first-order valence-corrected chi connectivity index (χ1v) is 6.52. The Balaban J connectivity index is 2.14. The highest BCUT2D eigenvalue weighted by Gasteiger charge is 2.05. The molecular weight excluding hydrogens is 230 g/mol. The quantitative estimate of drug-likeness (QED) is 0.833. The van der Waals surface area contributed by atoms with Crippen LogP contribution in [0, 0.1) is 0 Å². The van der Waals surface area contributed by atoms with Crippen LogP contribution in [0.25, 0.3) is 0 Å². The molecule has 0 aliphatic carbocycles. The molecule has 3 heteroatoms. The Hall–Kier alpha value is -1.74. The predicted molar refractivity (Wildman–Crippen MR) is 72.6 cm³/mol. The van der Waals surface area contributed by atoms with E-state index in [2.05, 4.69) is 5.32 Å². The summed E-state index contributed by atoms with van der Waals surface area (Å²) in [7, 11) is 0. The molecule has 1 amide bonds. The number of rotatable bonds is 3. The van der Waals surface area contributed by atoms with Crippen LogP contribution in [0.15, 0.2) is 59.5 Å². The van der Waals surface area contributed by atoms with Gasteiger partial charge in [0.25, 0.3) is 5.91 Å². The Kier molecular flexibility index (Phi) is 3.83. The first-order chi connectivity index (χ1) is 8.29. The Morgan fingerprint density at radius 2 is 1.82 bits per heavy atom. The standard InChI is InChI=1S/C14H13NOS/c1-17-13-9-5-6-11(10-13)14(16)15-12-7-3-2-4-8-12/h2-10H,1H3,(H,15,16). The maximum Gasteiger partial charge on any atom is 0.255 e. The average molecular weight is 243 g/mol. The summed E-state index contributed by atoms with van der Waals surface area (Å²) >= 11 is 1.63. The number of hydrogen-bond donors (Lipinski definition) is 1. The van der Waals surface area contributed by atoms with Gasteiger partial charge in [-0.3, -0.25) is 4.79 Å². The molecule has 2 aromatic rings. The maximum atomic E-state index is 12.0. The number of amides is 1. The molecule has 0 aromatic heterocycles. The molecule has 0 aliphatic heterocycles. The van der Waals surface area contributed by atoms with Gasteiger partial charge in [-0.1, -0.05) is 24.3 Å². The van der Waals surface area contributed by atoms with Gasteiger partial charge < -0.3 is 5.32 Å². The lowest BCUT2D eigenvalue weighted by Gasteiger charge is -2.05. The van der Waals surface area contributed by atoms with Crippen molar-refractivity contribution in [2.24, 2.45) is 0 Å². The summed E-state index contributed by atoms with van der Waals surface area (Å²) in [6.45, 7) is 0. The molecule has 1 N–H and O–H groups in total. The van der Waals surface area contributed by atoms with E-state index < -0.39 is 0 Å². The van der Waals surface area contributed by atoms with E-state index in [1.807, 2.05) is 60.9 Å². The van der Waals surface area contributed by atoms with Gasteiger partial charge in [-0.2, -0.15) is 0 Å². The number of carbonyl (C=O) groups is 1. The summed E-state index contributed by atoms with van der Waals surface area (Å²) in [6, 6.07) is 17.1. The zero-order valence-electron chi connectivity index (χ0n) is 9.51. The number of carbonyl (C=O) groups excluding carboxylic acids is 1. The van der Waals surface area contributed by atoms with E-state index in [0.717, 1.165) is 10.6 Å². The molecule has 0 unspecified atom stereocenters. The summed E-state index contributed by atoms with van der Waals surface area (Å²) in [5.74, 6) is -0.0768. The Bertz CT molecular complexity index is 511. The highest BCUT2D eigenvalue weighted by atomic mass is 32.2. The number of para-hydroxylation sites is 1. The number of hydrogen-bond acceptors (Lipinski definition) is 2. The molecule has 0 aliphatic rings. The van der Waals surface area contributed by atoms with E-state index in [1.54, 1.807) is 11.8 Å². The average Bonchev–Trinajstić information content (AvgIpc) is 2.40. The molecule has 0 spiro atoms. The van der Waals surface area contributed by atoms with Gasteiger partial charge in [-0.25, -0.2) is 0 Å². The van der Waals surface area contributed by atoms with Gasteiger partial charge >= 0.3 is 0 Å². The number of nitrogens with one attached hydrogen (secondary N) is 1. The fourth-order valence-corrected chi connectivity index (χ4v) is 1.95. The van der Waals surface area contributed by atoms with Crippen molar-refractivity contribution in [1.29, 1.82) is 0 Å². The van der Waals surface area contributed by atoms with Crippen molar-refractivity contribution in [3.05, 3.63) is 60.2 Å². The van der Waals surface area contributed by atoms with Crippen LogP contribution in [0.4, 0.5) is 5.69 Å². The molecule has 0 radical (unpaired) electrons. The molecule has 2 aromatic carbocycles. The summed E-state index contributed by atoms with van der Waals surface area (Å²) in [6.07, 6.45) is 1.99. The maximum absolute atomic E-state index is 12.0. The van der Waals surface area contributed by atoms with Crippen LogP contribution in [0.1, 0.15) is 10.4 Å². The second-order valence-electron chi connectivity index (χ2n) is 3.55. The molecule has 0 saturated heterocycles. The molecule has 2 rings (SSSR count). The van der Waals surface area contributed by atoms with Crippen LogP contribution < -0.4 is 5.32 Å². The van der Waals surface area contributed by atoms with E-state index >= 15 is 0 Å². The van der Waals surface area contributed by atoms with Crippen molar-refractivity contribution in [3.8, 4) is 0 Å². The van der Waals surface area contributed by atoms with Crippen molar-refractivity contribution >= 4 is 23.4 Å². The van der Waals surface area contributed by atoms with Gasteiger partial charge in [-0.05, 0) is 36.6 Å². The predicted octanol–water partition coefficient (Wildman–Crippen LogP) is 3.66. The number of anilines is 1. The fraction of sp³-hybridized carbons (Fsp3) is 0.0714. The fourth-order valence-electron chi connectivity index (χ4n) is 1.49. The molecule has 0 bridgehead atoms. The lowest BCUT2D eigenvalue weighted by Crippen LogP contribution is -2.11. The van der Waals surface area contributed by atoms with Gasteiger partial charge in [0.05, 0.1) is 0 Å². The summed E-state index contributed by atoms with van der Waals surface area (Å²) < 4.78 is 0. The van der Waals surface area contributed by atoms with Gasteiger partial charge in [0.2, 0.25) is 0 Å². The van der Waals surface area contributed by atoms with E-state index in [4.69, 9.17) is 0 Å². The third-order valence-corrected chi connectivity index (χ3v) is 3.09. The second kappa shape index (κ2) is 5.55. The van der Waals surface area contributed by atoms with Crippen LogP contribution >= 0.6 is 11.8 Å². The largest absolute Gasteiger partial charge is 0.322 e. The number of benzene rings is 2. The molecule has 0 atom stereocenters. The van der Waals surface area contributed by atoms with Crippen LogP contribution in [0.5, 0.6) is 0 Å². The Morgan fingerprint density at radius 1 is 1.06 bits per heavy atom. The third-order valence-electron chi connectivity index (χ3n) is 2.36. The lowest BCUT2D eigenvalue weighted by molar-refractivity contribution is 0.102. The minimum Gasteiger partial charge on any atom is -0.322 e. The molecule has 0 fully saturated rings. The topological polar surface area (TPSA) is 29.1 Å². The van der Waals surface area contributed by atoms with Gasteiger partial charge in [-0.15, -0.1) is 11.8 Å². The minimum atomic E-state index is -0.0768. The Morgan fingerprint density at radius 3 is 2.53 bits per heavy atom. The first-order valence-electron chi connectivity index (χ1n) is 5.30. The smallest absolute Gasteiger partial charge is 0.255 e. The summed E-state index contributed by atoms with van der Waals surface area (Å²) in [4.78, 5) is 13.1. The zero-order valence-corrected chi connectivity index (χ0v) is 10.3. The highest BCUT2D eigenvalue weighted by Crippen LogP contribution is 2.17. The molecular formula is C14H13NOS. The summed E-state index contributed by atoms with van der Waals surface area (Å²) in [5.41, 5.74) is 1.49. The van der Waals surface area contributed by atoms with Gasteiger partial charge in [0, 0.05) is 16.1 Å². The van der Waals surface area contributed by atoms with Crippen molar-refractivity contribution in [2.45, 2.75) is 4.90 Å². The van der Waals surface area contributed by atoms with E-state index in [-0.39, 0.29) is 5.91 Å². The van der Waals surface area contributed by atoms with Crippen molar-refractivity contribution in [2.75, 3.05) is 11.6 Å². The Labute approximate surface area is 105 Å². The molecule has 2 nitrogen and oxygen atoms in total.